The molecule has 0 heterocycles. The molecule has 1 aliphatic rings. The molecule has 1 aliphatic carbocycles. The summed E-state index contributed by atoms with van der Waals surface area (Å²) in [5, 5.41) is 11.9. The lowest BCUT2D eigenvalue weighted by molar-refractivity contribution is -0.142. The Labute approximate surface area is 141 Å². The van der Waals surface area contributed by atoms with Crippen molar-refractivity contribution in [1.82, 2.24) is 10.0 Å². The van der Waals surface area contributed by atoms with E-state index in [2.05, 4.69) is 10.0 Å². The lowest BCUT2D eigenvalue weighted by Gasteiger charge is -2.18. The van der Waals surface area contributed by atoms with Gasteiger partial charge in [-0.05, 0) is 44.9 Å². The van der Waals surface area contributed by atoms with Crippen LogP contribution in [0.3, 0.4) is 0 Å². The van der Waals surface area contributed by atoms with Gasteiger partial charge in [-0.25, -0.2) is 13.1 Å². The van der Waals surface area contributed by atoms with Crippen LogP contribution in [0.5, 0.6) is 0 Å². The summed E-state index contributed by atoms with van der Waals surface area (Å²) < 4.78 is 26.8. The number of amides is 1. The third-order valence-corrected chi connectivity index (χ3v) is 5.60. The van der Waals surface area contributed by atoms with Crippen LogP contribution in [0.2, 0.25) is 0 Å². The predicted molar refractivity (Wildman–Crippen MR) is 88.1 cm³/mol. The maximum absolute atomic E-state index is 12.4. The van der Waals surface area contributed by atoms with Crippen LogP contribution in [0, 0.1) is 5.92 Å². The highest BCUT2D eigenvalue weighted by atomic mass is 32.2. The van der Waals surface area contributed by atoms with Gasteiger partial charge in [-0.1, -0.05) is 12.5 Å². The number of carbonyl (C=O) groups excluding carboxylic acids is 1. The van der Waals surface area contributed by atoms with Crippen LogP contribution in [0.15, 0.2) is 29.2 Å². The zero-order valence-electron chi connectivity index (χ0n) is 13.7. The Kier molecular flexibility index (Phi) is 5.61. The summed E-state index contributed by atoms with van der Waals surface area (Å²) in [6, 6.07) is 5.02. The molecule has 1 amide bonds. The second-order valence-corrected chi connectivity index (χ2v) is 7.97. The summed E-state index contributed by atoms with van der Waals surface area (Å²) in [6.45, 7) is 3.42. The summed E-state index contributed by atoms with van der Waals surface area (Å²) in [6.07, 6.45) is 1.89. The molecule has 3 N–H and O–H groups in total. The smallest absolute Gasteiger partial charge is 0.308 e. The zero-order chi connectivity index (χ0) is 17.9. The molecule has 0 unspecified atom stereocenters. The summed E-state index contributed by atoms with van der Waals surface area (Å²) in [5.41, 5.74) is 0.192. The molecule has 1 aromatic carbocycles. The average molecular weight is 354 g/mol. The molecule has 1 fully saturated rings. The largest absolute Gasteiger partial charge is 0.481 e. The molecule has 2 atom stereocenters. The lowest BCUT2D eigenvalue weighted by Crippen LogP contribution is -2.40. The van der Waals surface area contributed by atoms with Gasteiger partial charge in [0.05, 0.1) is 10.8 Å². The summed E-state index contributed by atoms with van der Waals surface area (Å²) in [4.78, 5) is 23.5. The van der Waals surface area contributed by atoms with E-state index in [-0.39, 0.29) is 16.5 Å². The van der Waals surface area contributed by atoms with Crippen molar-refractivity contribution in [3.8, 4) is 0 Å². The van der Waals surface area contributed by atoms with Crippen molar-refractivity contribution in [2.45, 2.75) is 50.1 Å². The molecule has 0 aliphatic heterocycles. The first kappa shape index (κ1) is 18.4. The van der Waals surface area contributed by atoms with Crippen molar-refractivity contribution in [2.75, 3.05) is 0 Å². The van der Waals surface area contributed by atoms with Crippen molar-refractivity contribution < 1.29 is 23.1 Å². The van der Waals surface area contributed by atoms with E-state index in [1.54, 1.807) is 13.8 Å². The number of aliphatic carboxylic acids is 1. The molecule has 0 radical (unpaired) electrons. The van der Waals surface area contributed by atoms with Crippen LogP contribution in [-0.2, 0) is 14.8 Å². The minimum absolute atomic E-state index is 0.00468. The van der Waals surface area contributed by atoms with Gasteiger partial charge < -0.3 is 10.4 Å². The number of carbonyl (C=O) groups is 2. The van der Waals surface area contributed by atoms with Crippen molar-refractivity contribution >= 4 is 21.9 Å². The third-order valence-electron chi connectivity index (χ3n) is 3.95. The first-order chi connectivity index (χ1) is 11.2. The van der Waals surface area contributed by atoms with E-state index in [4.69, 9.17) is 5.11 Å². The second-order valence-electron chi connectivity index (χ2n) is 6.26. The quantitative estimate of drug-likeness (QED) is 0.714. The molecule has 0 aromatic heterocycles. The van der Waals surface area contributed by atoms with E-state index >= 15 is 0 Å². The molecule has 0 spiro atoms. The van der Waals surface area contributed by atoms with Gasteiger partial charge >= 0.3 is 5.97 Å². The number of sulfonamides is 1. The molecule has 2 rings (SSSR count). The molecule has 0 bridgehead atoms. The monoisotopic (exact) mass is 354 g/mol. The molecule has 8 heteroatoms. The fraction of sp³-hybridized carbons (Fsp3) is 0.500. The van der Waals surface area contributed by atoms with Crippen LogP contribution in [0.4, 0.5) is 0 Å². The van der Waals surface area contributed by atoms with Crippen LogP contribution in [0.1, 0.15) is 43.5 Å². The van der Waals surface area contributed by atoms with Crippen LogP contribution >= 0.6 is 0 Å². The number of rotatable bonds is 6. The molecule has 1 aromatic rings. The van der Waals surface area contributed by atoms with Crippen LogP contribution in [-0.4, -0.2) is 37.5 Å². The minimum Gasteiger partial charge on any atom is -0.481 e. The predicted octanol–water partition coefficient (Wildman–Crippen LogP) is 1.36. The highest BCUT2D eigenvalue weighted by Crippen LogP contribution is 2.26. The van der Waals surface area contributed by atoms with Gasteiger partial charge in [0.2, 0.25) is 10.0 Å². The van der Waals surface area contributed by atoms with E-state index < -0.39 is 33.9 Å². The Morgan fingerprint density at radius 2 is 1.96 bits per heavy atom. The van der Waals surface area contributed by atoms with Crippen molar-refractivity contribution in [1.29, 1.82) is 0 Å². The fourth-order valence-electron chi connectivity index (χ4n) is 2.86. The van der Waals surface area contributed by atoms with Gasteiger partial charge in [0, 0.05) is 17.6 Å². The summed E-state index contributed by atoms with van der Waals surface area (Å²) >= 11 is 0. The SMILES string of the molecule is CC(C)NS(=O)(=O)c1cccc(C(=O)N[C@@H]2CCC[C@@H]2C(=O)O)c1. The van der Waals surface area contributed by atoms with Gasteiger partial charge in [-0.15, -0.1) is 0 Å². The van der Waals surface area contributed by atoms with Crippen molar-refractivity contribution in [2.24, 2.45) is 5.92 Å². The molecule has 24 heavy (non-hydrogen) atoms. The van der Waals surface area contributed by atoms with Crippen LogP contribution < -0.4 is 10.0 Å². The van der Waals surface area contributed by atoms with Crippen LogP contribution in [0.25, 0.3) is 0 Å². The Morgan fingerprint density at radius 1 is 1.25 bits per heavy atom. The second kappa shape index (κ2) is 7.31. The minimum atomic E-state index is -3.69. The lowest BCUT2D eigenvalue weighted by atomic mass is 10.0. The first-order valence-electron chi connectivity index (χ1n) is 7.87. The number of hydrogen-bond acceptors (Lipinski definition) is 4. The number of carboxylic acids is 1. The molecule has 132 valence electrons. The topological polar surface area (TPSA) is 113 Å². The summed E-state index contributed by atoms with van der Waals surface area (Å²) in [5.74, 6) is -1.98. The number of benzene rings is 1. The molecule has 0 saturated heterocycles. The van der Waals surface area contributed by atoms with E-state index in [1.807, 2.05) is 0 Å². The zero-order valence-corrected chi connectivity index (χ0v) is 14.5. The maximum Gasteiger partial charge on any atom is 0.308 e. The van der Waals surface area contributed by atoms with Gasteiger partial charge in [-0.3, -0.25) is 9.59 Å². The van der Waals surface area contributed by atoms with Gasteiger partial charge in [-0.2, -0.15) is 0 Å². The van der Waals surface area contributed by atoms with Gasteiger partial charge in [0.1, 0.15) is 0 Å². The average Bonchev–Trinajstić information content (AvgIpc) is 2.94. The van der Waals surface area contributed by atoms with Crippen molar-refractivity contribution in [3.63, 3.8) is 0 Å². The fourth-order valence-corrected chi connectivity index (χ4v) is 4.16. The Balaban J connectivity index is 2.16. The highest BCUT2D eigenvalue weighted by Gasteiger charge is 2.34. The molecular weight excluding hydrogens is 332 g/mol. The first-order valence-corrected chi connectivity index (χ1v) is 9.35. The standard InChI is InChI=1S/C16H22N2O5S/c1-10(2)18-24(22,23)12-6-3-5-11(9-12)15(19)17-14-8-4-7-13(14)16(20)21/h3,5-6,9-10,13-14,18H,4,7-8H2,1-2H3,(H,17,19)(H,20,21)/t13-,14+/m0/s1. The Morgan fingerprint density at radius 3 is 2.58 bits per heavy atom. The molecule has 7 nitrogen and oxygen atoms in total. The van der Waals surface area contributed by atoms with Gasteiger partial charge in [0.15, 0.2) is 0 Å². The third kappa shape index (κ3) is 4.33. The van der Waals surface area contributed by atoms with E-state index in [0.29, 0.717) is 12.8 Å². The Hall–Kier alpha value is -1.93. The molecule has 1 saturated carbocycles. The molecular formula is C16H22N2O5S. The van der Waals surface area contributed by atoms with E-state index in [9.17, 15) is 18.0 Å². The summed E-state index contributed by atoms with van der Waals surface area (Å²) in [7, 11) is -3.69. The Bertz CT molecular complexity index is 730. The van der Waals surface area contributed by atoms with Crippen molar-refractivity contribution in [3.05, 3.63) is 29.8 Å². The van der Waals surface area contributed by atoms with Gasteiger partial charge in [0.25, 0.3) is 5.91 Å². The highest BCUT2D eigenvalue weighted by molar-refractivity contribution is 7.89. The van der Waals surface area contributed by atoms with E-state index in [0.717, 1.165) is 6.42 Å². The number of nitrogens with one attached hydrogen (secondary N) is 2. The normalized spacial score (nSPS) is 21.0. The number of hydrogen-bond donors (Lipinski definition) is 3. The van der Waals surface area contributed by atoms with E-state index in [1.165, 1.54) is 24.3 Å². The maximum atomic E-state index is 12.4. The number of carboxylic acid groups (broad SMARTS) is 1.